The van der Waals surface area contributed by atoms with Crippen LogP contribution >= 0.6 is 0 Å². The van der Waals surface area contributed by atoms with Crippen molar-refractivity contribution in [2.24, 2.45) is 5.92 Å². The number of piperidine rings is 1. The number of nitrogens with zero attached hydrogens (tertiary/aromatic N) is 2. The van der Waals surface area contributed by atoms with Gasteiger partial charge in [0.1, 0.15) is 5.82 Å². The third kappa shape index (κ3) is 3.20. The molecule has 2 rings (SSSR count). The van der Waals surface area contributed by atoms with Crippen LogP contribution in [0.5, 0.6) is 0 Å². The minimum absolute atomic E-state index is 0.847. The van der Waals surface area contributed by atoms with Crippen molar-refractivity contribution in [1.29, 1.82) is 0 Å². The lowest BCUT2D eigenvalue weighted by Crippen LogP contribution is -2.32. The molecule has 0 radical (unpaired) electrons. The molecule has 1 aromatic rings. The monoisotopic (exact) mass is 219 g/mol. The van der Waals surface area contributed by atoms with Crippen molar-refractivity contribution >= 4 is 5.82 Å². The SMILES string of the molecule is CN(CCC1CCCNC1)c1ccccn1. The van der Waals surface area contributed by atoms with Gasteiger partial charge in [0.25, 0.3) is 0 Å². The van der Waals surface area contributed by atoms with Gasteiger partial charge in [-0.25, -0.2) is 4.98 Å². The summed E-state index contributed by atoms with van der Waals surface area (Å²) in [4.78, 5) is 6.60. The fourth-order valence-corrected chi connectivity index (χ4v) is 2.24. The number of aromatic nitrogens is 1. The van der Waals surface area contributed by atoms with Gasteiger partial charge in [-0.2, -0.15) is 0 Å². The minimum Gasteiger partial charge on any atom is -0.360 e. The summed E-state index contributed by atoms with van der Waals surface area (Å²) in [6, 6.07) is 6.07. The average molecular weight is 219 g/mol. The molecular formula is C13H21N3. The maximum absolute atomic E-state index is 4.35. The standard InChI is InChI=1S/C13H21N3/c1-16(13-6-2-3-9-15-13)10-7-12-5-4-8-14-11-12/h2-3,6,9,12,14H,4-5,7-8,10-11H2,1H3. The molecule has 2 heterocycles. The predicted molar refractivity (Wildman–Crippen MR) is 67.7 cm³/mol. The lowest BCUT2D eigenvalue weighted by molar-refractivity contribution is 0.360. The molecule has 1 N–H and O–H groups in total. The van der Waals surface area contributed by atoms with Crippen LogP contribution in [0.2, 0.25) is 0 Å². The number of hydrogen-bond donors (Lipinski definition) is 1. The van der Waals surface area contributed by atoms with Gasteiger partial charge in [-0.3, -0.25) is 0 Å². The van der Waals surface area contributed by atoms with E-state index in [1.807, 2.05) is 18.3 Å². The second-order valence-electron chi connectivity index (χ2n) is 4.61. The lowest BCUT2D eigenvalue weighted by atomic mass is 9.96. The summed E-state index contributed by atoms with van der Waals surface area (Å²) in [7, 11) is 2.12. The van der Waals surface area contributed by atoms with Crippen molar-refractivity contribution in [1.82, 2.24) is 10.3 Å². The first-order chi connectivity index (χ1) is 7.86. The van der Waals surface area contributed by atoms with E-state index in [-0.39, 0.29) is 0 Å². The highest BCUT2D eigenvalue weighted by atomic mass is 15.2. The summed E-state index contributed by atoms with van der Waals surface area (Å²) in [6.45, 7) is 3.49. The van der Waals surface area contributed by atoms with Gasteiger partial charge in [0.2, 0.25) is 0 Å². The lowest BCUT2D eigenvalue weighted by Gasteiger charge is -2.25. The Labute approximate surface area is 97.9 Å². The van der Waals surface area contributed by atoms with Crippen LogP contribution in [0.15, 0.2) is 24.4 Å². The van der Waals surface area contributed by atoms with Crippen LogP contribution in [-0.2, 0) is 0 Å². The number of nitrogens with one attached hydrogen (secondary N) is 1. The zero-order valence-corrected chi connectivity index (χ0v) is 10.0. The number of anilines is 1. The Balaban J connectivity index is 1.77. The van der Waals surface area contributed by atoms with E-state index in [0.717, 1.165) is 18.3 Å². The highest BCUT2D eigenvalue weighted by molar-refractivity contribution is 5.36. The Morgan fingerprint density at radius 3 is 3.12 bits per heavy atom. The first kappa shape index (κ1) is 11.4. The Morgan fingerprint density at radius 1 is 1.50 bits per heavy atom. The van der Waals surface area contributed by atoms with Crippen LogP contribution in [0.4, 0.5) is 5.82 Å². The van der Waals surface area contributed by atoms with E-state index in [0.29, 0.717) is 0 Å². The van der Waals surface area contributed by atoms with E-state index in [9.17, 15) is 0 Å². The van der Waals surface area contributed by atoms with Crippen molar-refractivity contribution in [3.63, 3.8) is 0 Å². The van der Waals surface area contributed by atoms with Crippen LogP contribution < -0.4 is 10.2 Å². The van der Waals surface area contributed by atoms with Gasteiger partial charge in [-0.1, -0.05) is 6.07 Å². The maximum Gasteiger partial charge on any atom is 0.128 e. The molecule has 0 aromatic carbocycles. The molecule has 16 heavy (non-hydrogen) atoms. The first-order valence-corrected chi connectivity index (χ1v) is 6.19. The van der Waals surface area contributed by atoms with E-state index < -0.39 is 0 Å². The molecule has 3 nitrogen and oxygen atoms in total. The van der Waals surface area contributed by atoms with Crippen LogP contribution in [0.1, 0.15) is 19.3 Å². The summed E-state index contributed by atoms with van der Waals surface area (Å²) in [5.41, 5.74) is 0. The van der Waals surface area contributed by atoms with Crippen molar-refractivity contribution in [2.75, 3.05) is 31.6 Å². The molecule has 0 amide bonds. The summed E-state index contributed by atoms with van der Waals surface area (Å²) >= 11 is 0. The van der Waals surface area contributed by atoms with Crippen LogP contribution in [0.3, 0.4) is 0 Å². The maximum atomic E-state index is 4.35. The molecule has 0 spiro atoms. The van der Waals surface area contributed by atoms with Crippen LogP contribution in [-0.4, -0.2) is 31.7 Å². The van der Waals surface area contributed by atoms with Gasteiger partial charge >= 0.3 is 0 Å². The zero-order chi connectivity index (χ0) is 11.2. The quantitative estimate of drug-likeness (QED) is 0.838. The average Bonchev–Trinajstić information content (AvgIpc) is 2.38. The Bertz CT molecular complexity index is 293. The topological polar surface area (TPSA) is 28.2 Å². The molecule has 1 aliphatic rings. The van der Waals surface area contributed by atoms with E-state index in [1.165, 1.54) is 32.4 Å². The molecule has 1 unspecified atom stereocenters. The Morgan fingerprint density at radius 2 is 2.44 bits per heavy atom. The molecule has 3 heteroatoms. The fraction of sp³-hybridized carbons (Fsp3) is 0.615. The van der Waals surface area contributed by atoms with Gasteiger partial charge in [-0.05, 0) is 50.4 Å². The van der Waals surface area contributed by atoms with E-state index in [4.69, 9.17) is 0 Å². The van der Waals surface area contributed by atoms with Crippen molar-refractivity contribution in [3.8, 4) is 0 Å². The third-order valence-corrected chi connectivity index (χ3v) is 3.31. The molecule has 88 valence electrons. The van der Waals surface area contributed by atoms with Gasteiger partial charge in [0.05, 0.1) is 0 Å². The highest BCUT2D eigenvalue weighted by Gasteiger charge is 2.13. The highest BCUT2D eigenvalue weighted by Crippen LogP contribution is 2.16. The fourth-order valence-electron chi connectivity index (χ4n) is 2.24. The number of pyridine rings is 1. The van der Waals surface area contributed by atoms with Crippen molar-refractivity contribution < 1.29 is 0 Å². The molecule has 0 bridgehead atoms. The largest absolute Gasteiger partial charge is 0.360 e. The summed E-state index contributed by atoms with van der Waals surface area (Å²) in [6.07, 6.45) is 5.83. The minimum atomic E-state index is 0.847. The van der Waals surface area contributed by atoms with Gasteiger partial charge in [-0.15, -0.1) is 0 Å². The first-order valence-electron chi connectivity index (χ1n) is 6.19. The van der Waals surface area contributed by atoms with Crippen LogP contribution in [0, 0.1) is 5.92 Å². The van der Waals surface area contributed by atoms with Crippen molar-refractivity contribution in [2.45, 2.75) is 19.3 Å². The Hall–Kier alpha value is -1.09. The Kier molecular flexibility index (Phi) is 4.17. The molecule has 1 saturated heterocycles. The summed E-state index contributed by atoms with van der Waals surface area (Å²) in [5, 5.41) is 3.46. The van der Waals surface area contributed by atoms with Crippen molar-refractivity contribution in [3.05, 3.63) is 24.4 Å². The number of hydrogen-bond acceptors (Lipinski definition) is 3. The molecule has 1 fully saturated rings. The molecule has 0 saturated carbocycles. The third-order valence-electron chi connectivity index (χ3n) is 3.31. The smallest absolute Gasteiger partial charge is 0.128 e. The molecule has 1 atom stereocenters. The van der Waals surface area contributed by atoms with E-state index in [1.54, 1.807) is 0 Å². The van der Waals surface area contributed by atoms with E-state index >= 15 is 0 Å². The molecule has 1 aromatic heterocycles. The second-order valence-corrected chi connectivity index (χ2v) is 4.61. The summed E-state index contributed by atoms with van der Waals surface area (Å²) < 4.78 is 0. The number of rotatable bonds is 4. The molecular weight excluding hydrogens is 198 g/mol. The zero-order valence-electron chi connectivity index (χ0n) is 10.0. The van der Waals surface area contributed by atoms with Gasteiger partial charge in [0, 0.05) is 19.8 Å². The molecule has 1 aliphatic heterocycles. The summed E-state index contributed by atoms with van der Waals surface area (Å²) in [5.74, 6) is 1.92. The molecule has 0 aliphatic carbocycles. The van der Waals surface area contributed by atoms with Gasteiger partial charge < -0.3 is 10.2 Å². The normalized spacial score (nSPS) is 20.7. The second kappa shape index (κ2) is 5.85. The van der Waals surface area contributed by atoms with Crippen LogP contribution in [0.25, 0.3) is 0 Å². The predicted octanol–water partition coefficient (Wildman–Crippen LogP) is 1.91. The van der Waals surface area contributed by atoms with Gasteiger partial charge in [0.15, 0.2) is 0 Å². The van der Waals surface area contributed by atoms with E-state index in [2.05, 4.69) is 28.3 Å².